The third-order valence-electron chi connectivity index (χ3n) is 6.98. The zero-order valence-electron chi connectivity index (χ0n) is 17.1. The molecule has 3 aromatic heterocycles. The van der Waals surface area contributed by atoms with Crippen molar-refractivity contribution in [3.63, 3.8) is 0 Å². The normalized spacial score (nSPS) is 24.8. The lowest BCUT2D eigenvalue weighted by molar-refractivity contribution is 0.0776. The second-order valence-corrected chi connectivity index (χ2v) is 9.74. The highest BCUT2D eigenvalue weighted by Crippen LogP contribution is 2.54. The van der Waals surface area contributed by atoms with E-state index in [1.165, 1.54) is 11.3 Å². The molecule has 6 rings (SSSR count). The van der Waals surface area contributed by atoms with E-state index >= 15 is 0 Å². The zero-order chi connectivity index (χ0) is 21.0. The van der Waals surface area contributed by atoms with E-state index in [9.17, 15) is 9.90 Å². The molecule has 3 fully saturated rings. The average molecular weight is 440 g/mol. The molecule has 162 valence electrons. The highest BCUT2D eigenvalue weighted by atomic mass is 32.1. The number of nitrogens with zero attached hydrogens (tertiary/aromatic N) is 6. The van der Waals surface area contributed by atoms with Crippen molar-refractivity contribution >= 4 is 33.8 Å². The van der Waals surface area contributed by atoms with Crippen LogP contribution in [0.5, 0.6) is 0 Å². The van der Waals surface area contributed by atoms with Crippen LogP contribution in [0.3, 0.4) is 0 Å². The number of imidazole rings is 1. The molecule has 10 heteroatoms. The van der Waals surface area contributed by atoms with Gasteiger partial charge in [-0.1, -0.05) is 0 Å². The topological polar surface area (TPSA) is 98.9 Å². The molecule has 31 heavy (non-hydrogen) atoms. The second-order valence-electron chi connectivity index (χ2n) is 8.90. The van der Waals surface area contributed by atoms with Crippen molar-refractivity contribution in [1.82, 2.24) is 24.7 Å². The van der Waals surface area contributed by atoms with Crippen LogP contribution in [0.4, 0.5) is 10.9 Å². The van der Waals surface area contributed by atoms with E-state index < -0.39 is 0 Å². The largest absolute Gasteiger partial charge is 0.391 e. The third kappa shape index (κ3) is 3.34. The third-order valence-corrected chi connectivity index (χ3v) is 7.88. The van der Waals surface area contributed by atoms with E-state index in [2.05, 4.69) is 30.1 Å². The summed E-state index contributed by atoms with van der Waals surface area (Å²) in [4.78, 5) is 30.6. The molecule has 2 N–H and O–H groups in total. The first-order chi connectivity index (χ1) is 15.1. The Hall–Kier alpha value is -2.72. The Morgan fingerprint density at radius 2 is 1.97 bits per heavy atom. The van der Waals surface area contributed by atoms with Crippen molar-refractivity contribution < 1.29 is 9.90 Å². The van der Waals surface area contributed by atoms with E-state index in [1.807, 2.05) is 22.2 Å². The fourth-order valence-electron chi connectivity index (χ4n) is 4.84. The maximum Gasteiger partial charge on any atom is 0.271 e. The van der Waals surface area contributed by atoms with Gasteiger partial charge in [-0.25, -0.2) is 15.0 Å². The van der Waals surface area contributed by atoms with Crippen LogP contribution < -0.4 is 15.1 Å². The van der Waals surface area contributed by atoms with Gasteiger partial charge in [-0.05, 0) is 31.1 Å². The summed E-state index contributed by atoms with van der Waals surface area (Å²) in [6, 6.07) is 0.0428. The van der Waals surface area contributed by atoms with Crippen molar-refractivity contribution in [2.75, 3.05) is 36.0 Å². The predicted octanol–water partition coefficient (Wildman–Crippen LogP) is 1.55. The minimum atomic E-state index is -0.292. The summed E-state index contributed by atoms with van der Waals surface area (Å²) in [6.45, 7) is 3.02. The van der Waals surface area contributed by atoms with Gasteiger partial charge < -0.3 is 24.6 Å². The van der Waals surface area contributed by atoms with Crippen molar-refractivity contribution in [1.29, 1.82) is 0 Å². The lowest BCUT2D eigenvalue weighted by Crippen LogP contribution is -2.45. The number of rotatable bonds is 4. The Morgan fingerprint density at radius 1 is 1.13 bits per heavy atom. The molecule has 3 aliphatic rings. The van der Waals surface area contributed by atoms with Crippen LogP contribution in [0.2, 0.25) is 0 Å². The quantitative estimate of drug-likeness (QED) is 0.636. The lowest BCUT2D eigenvalue weighted by Gasteiger charge is -2.36. The summed E-state index contributed by atoms with van der Waals surface area (Å²) >= 11 is 1.48. The van der Waals surface area contributed by atoms with E-state index in [-0.39, 0.29) is 23.5 Å². The van der Waals surface area contributed by atoms with E-state index in [1.54, 1.807) is 12.4 Å². The Labute approximate surface area is 183 Å². The molecular formula is C21H25N7O2S. The number of aromatic nitrogens is 4. The first kappa shape index (κ1) is 19.0. The Bertz CT molecular complexity index is 1120. The number of aliphatic hydroxyl groups is 1. The van der Waals surface area contributed by atoms with Gasteiger partial charge in [0.25, 0.3) is 5.91 Å². The van der Waals surface area contributed by atoms with Gasteiger partial charge in [0.2, 0.25) is 0 Å². The SMILES string of the molecule is O=C(N[C@H]1CCN(c2nccn3ccnc23)C1)c1csc(N2CCC3(CC3)[C@H](O)C2)n1. The van der Waals surface area contributed by atoms with Gasteiger partial charge in [-0.3, -0.25) is 4.79 Å². The number of β-amino-alcohol motifs (C(OH)–C–C–N with tert-alkyl or cyclic N) is 1. The Kier molecular flexibility index (Phi) is 4.39. The lowest BCUT2D eigenvalue weighted by atomic mass is 9.91. The molecule has 5 heterocycles. The summed E-state index contributed by atoms with van der Waals surface area (Å²) in [5.41, 5.74) is 1.45. The van der Waals surface area contributed by atoms with Crippen LogP contribution in [0.25, 0.3) is 5.65 Å². The van der Waals surface area contributed by atoms with Gasteiger partial charge >= 0.3 is 0 Å². The van der Waals surface area contributed by atoms with E-state index in [0.717, 1.165) is 55.4 Å². The molecule has 9 nitrogen and oxygen atoms in total. The molecule has 0 bridgehead atoms. The van der Waals surface area contributed by atoms with Gasteiger partial charge in [0.05, 0.1) is 6.10 Å². The zero-order valence-corrected chi connectivity index (χ0v) is 18.0. The molecule has 2 atom stereocenters. The number of thiazole rings is 1. The van der Waals surface area contributed by atoms with Crippen LogP contribution in [0, 0.1) is 5.41 Å². The highest BCUT2D eigenvalue weighted by Gasteiger charge is 2.51. The minimum Gasteiger partial charge on any atom is -0.391 e. The number of fused-ring (bicyclic) bond motifs is 1. The number of nitrogens with one attached hydrogen (secondary N) is 1. The number of carbonyl (C=O) groups excluding carboxylic acids is 1. The summed E-state index contributed by atoms with van der Waals surface area (Å²) in [7, 11) is 0. The van der Waals surface area contributed by atoms with Crippen molar-refractivity contribution in [3.8, 4) is 0 Å². The molecule has 2 saturated heterocycles. The van der Waals surface area contributed by atoms with Crippen molar-refractivity contribution in [2.24, 2.45) is 5.41 Å². The average Bonchev–Trinajstić information content (AvgIpc) is 3.19. The summed E-state index contributed by atoms with van der Waals surface area (Å²) in [6.07, 6.45) is 11.2. The molecule has 1 spiro atoms. The molecule has 1 saturated carbocycles. The van der Waals surface area contributed by atoms with Gasteiger partial charge in [0, 0.05) is 62.4 Å². The maximum atomic E-state index is 12.8. The number of piperidine rings is 1. The summed E-state index contributed by atoms with van der Waals surface area (Å²) < 4.78 is 1.95. The molecule has 0 radical (unpaired) electrons. The summed E-state index contributed by atoms with van der Waals surface area (Å²) in [5.74, 6) is 0.704. The number of hydrogen-bond acceptors (Lipinski definition) is 8. The number of anilines is 2. The fraction of sp³-hybridized carbons (Fsp3) is 0.524. The molecule has 1 amide bonds. The van der Waals surface area contributed by atoms with Gasteiger partial charge in [-0.2, -0.15) is 0 Å². The standard InChI is InChI=1S/C21H25N7O2S/c29-16-12-28(8-4-21(16)2-3-21)20-25-15(13-31-20)19(30)24-14-1-7-27(11-14)18-17-22-5-9-26(17)10-6-23-18/h5-6,9-10,13-14,16,29H,1-4,7-8,11-12H2,(H,24,30)/t14-,16+/m0/s1. The minimum absolute atomic E-state index is 0.0428. The molecule has 0 aromatic carbocycles. The predicted molar refractivity (Wildman–Crippen MR) is 118 cm³/mol. The first-order valence-electron chi connectivity index (χ1n) is 10.8. The first-order valence-corrected chi connectivity index (χ1v) is 11.7. The fourth-order valence-corrected chi connectivity index (χ4v) is 5.68. The van der Waals surface area contributed by atoms with Crippen LogP contribution in [0.1, 0.15) is 36.2 Å². The smallest absolute Gasteiger partial charge is 0.271 e. The molecule has 3 aromatic rings. The van der Waals surface area contributed by atoms with Crippen molar-refractivity contribution in [3.05, 3.63) is 35.9 Å². The van der Waals surface area contributed by atoms with Crippen molar-refractivity contribution in [2.45, 2.75) is 37.8 Å². The molecule has 0 unspecified atom stereocenters. The Balaban J connectivity index is 1.09. The number of amides is 1. The number of carbonyl (C=O) groups is 1. The van der Waals surface area contributed by atoms with E-state index in [4.69, 9.17) is 0 Å². The van der Waals surface area contributed by atoms with Gasteiger partial charge in [-0.15, -0.1) is 11.3 Å². The monoisotopic (exact) mass is 439 g/mol. The van der Waals surface area contributed by atoms with Crippen LogP contribution in [0.15, 0.2) is 30.2 Å². The molecule has 2 aliphatic heterocycles. The Morgan fingerprint density at radius 3 is 2.77 bits per heavy atom. The summed E-state index contributed by atoms with van der Waals surface area (Å²) in [5, 5.41) is 16.2. The number of aliphatic hydroxyl groups excluding tert-OH is 1. The number of hydrogen-bond donors (Lipinski definition) is 2. The molecule has 1 aliphatic carbocycles. The maximum absolute atomic E-state index is 12.8. The second kappa shape index (κ2) is 7.16. The van der Waals surface area contributed by atoms with Crippen LogP contribution >= 0.6 is 11.3 Å². The van der Waals surface area contributed by atoms with Gasteiger partial charge in [0.1, 0.15) is 5.69 Å². The molecular weight excluding hydrogens is 414 g/mol. The van der Waals surface area contributed by atoms with Crippen LogP contribution in [-0.2, 0) is 0 Å². The van der Waals surface area contributed by atoms with Crippen LogP contribution in [-0.4, -0.2) is 68.7 Å². The van der Waals surface area contributed by atoms with Gasteiger partial charge in [0.15, 0.2) is 16.6 Å². The van der Waals surface area contributed by atoms with E-state index in [0.29, 0.717) is 18.8 Å². The highest BCUT2D eigenvalue weighted by molar-refractivity contribution is 7.13.